The predicted molar refractivity (Wildman–Crippen MR) is 87.7 cm³/mol. The number of nitrogens with zero attached hydrogens (tertiary/aromatic N) is 4. The number of carbonyl (C=O) groups excluding carboxylic acids is 1. The standard InChI is InChI=1S/C16H17ClN4O2/c1-23-14-4-2-3-12(7-14)10-20-5-6-21(11-15(20)22)16-18-8-13(17)9-19-16/h2-4,7-9H,5-6,10-11H2,1H3. The molecule has 1 saturated heterocycles. The summed E-state index contributed by atoms with van der Waals surface area (Å²) in [6, 6.07) is 7.75. The van der Waals surface area contributed by atoms with Crippen molar-refractivity contribution in [2.45, 2.75) is 6.54 Å². The highest BCUT2D eigenvalue weighted by Gasteiger charge is 2.25. The Morgan fingerprint density at radius 1 is 1.26 bits per heavy atom. The number of hydrogen-bond acceptors (Lipinski definition) is 5. The number of ether oxygens (including phenoxy) is 1. The van der Waals surface area contributed by atoms with Crippen LogP contribution in [-0.2, 0) is 11.3 Å². The molecule has 0 N–H and O–H groups in total. The zero-order valence-corrected chi connectivity index (χ0v) is 13.5. The molecule has 0 bridgehead atoms. The second-order valence-corrected chi connectivity index (χ2v) is 5.73. The summed E-state index contributed by atoms with van der Waals surface area (Å²) in [5.74, 6) is 1.38. The summed E-state index contributed by atoms with van der Waals surface area (Å²) in [6.45, 7) is 2.16. The van der Waals surface area contributed by atoms with Crippen LogP contribution < -0.4 is 9.64 Å². The lowest BCUT2D eigenvalue weighted by Gasteiger charge is -2.34. The third-order valence-corrected chi connectivity index (χ3v) is 3.91. The number of aromatic nitrogens is 2. The molecule has 1 aromatic carbocycles. The average Bonchev–Trinajstić information content (AvgIpc) is 2.57. The molecule has 120 valence electrons. The van der Waals surface area contributed by atoms with E-state index >= 15 is 0 Å². The van der Waals surface area contributed by atoms with Gasteiger partial charge in [-0.05, 0) is 17.7 Å². The zero-order valence-electron chi connectivity index (χ0n) is 12.8. The van der Waals surface area contributed by atoms with Crippen LogP contribution in [0.2, 0.25) is 5.02 Å². The van der Waals surface area contributed by atoms with Crippen molar-refractivity contribution in [2.24, 2.45) is 0 Å². The van der Waals surface area contributed by atoms with E-state index in [2.05, 4.69) is 9.97 Å². The number of hydrogen-bond donors (Lipinski definition) is 0. The number of halogens is 1. The van der Waals surface area contributed by atoms with E-state index in [0.29, 0.717) is 30.6 Å². The summed E-state index contributed by atoms with van der Waals surface area (Å²) in [7, 11) is 1.63. The van der Waals surface area contributed by atoms with Crippen molar-refractivity contribution < 1.29 is 9.53 Å². The third-order valence-electron chi connectivity index (χ3n) is 3.72. The van der Waals surface area contributed by atoms with Crippen molar-refractivity contribution in [1.82, 2.24) is 14.9 Å². The molecule has 1 aromatic heterocycles. The Hall–Kier alpha value is -2.34. The van der Waals surface area contributed by atoms with Crippen molar-refractivity contribution in [3.8, 4) is 5.75 Å². The first-order valence-corrected chi connectivity index (χ1v) is 7.67. The molecule has 7 heteroatoms. The van der Waals surface area contributed by atoms with E-state index in [-0.39, 0.29) is 12.5 Å². The van der Waals surface area contributed by atoms with Gasteiger partial charge in [0.15, 0.2) is 0 Å². The minimum atomic E-state index is 0.0534. The van der Waals surface area contributed by atoms with Crippen LogP contribution in [0.5, 0.6) is 5.75 Å². The van der Waals surface area contributed by atoms with Gasteiger partial charge < -0.3 is 14.5 Å². The van der Waals surface area contributed by atoms with Gasteiger partial charge in [0, 0.05) is 19.6 Å². The maximum absolute atomic E-state index is 12.4. The molecule has 0 atom stereocenters. The van der Waals surface area contributed by atoms with Crippen LogP contribution in [0.1, 0.15) is 5.56 Å². The molecule has 6 nitrogen and oxygen atoms in total. The first kappa shape index (κ1) is 15.6. The van der Waals surface area contributed by atoms with Crippen molar-refractivity contribution in [1.29, 1.82) is 0 Å². The van der Waals surface area contributed by atoms with Crippen LogP contribution in [0.25, 0.3) is 0 Å². The molecule has 2 heterocycles. The number of benzene rings is 1. The normalized spacial score (nSPS) is 15.0. The second-order valence-electron chi connectivity index (χ2n) is 5.29. The molecule has 23 heavy (non-hydrogen) atoms. The lowest BCUT2D eigenvalue weighted by molar-refractivity contribution is -0.131. The molecule has 1 amide bonds. The fourth-order valence-corrected chi connectivity index (χ4v) is 2.60. The lowest BCUT2D eigenvalue weighted by atomic mass is 10.2. The van der Waals surface area contributed by atoms with Crippen LogP contribution >= 0.6 is 11.6 Å². The largest absolute Gasteiger partial charge is 0.497 e. The second kappa shape index (κ2) is 6.83. The maximum atomic E-state index is 12.4. The predicted octanol–water partition coefficient (Wildman–Crippen LogP) is 1.99. The Labute approximate surface area is 139 Å². The van der Waals surface area contributed by atoms with Crippen LogP contribution in [0.4, 0.5) is 5.95 Å². The van der Waals surface area contributed by atoms with E-state index in [0.717, 1.165) is 11.3 Å². The smallest absolute Gasteiger partial charge is 0.242 e. The zero-order chi connectivity index (χ0) is 16.2. The van der Waals surface area contributed by atoms with E-state index < -0.39 is 0 Å². The monoisotopic (exact) mass is 332 g/mol. The van der Waals surface area contributed by atoms with Crippen molar-refractivity contribution in [3.63, 3.8) is 0 Å². The Balaban J connectivity index is 1.64. The van der Waals surface area contributed by atoms with E-state index in [1.807, 2.05) is 34.1 Å². The summed E-state index contributed by atoms with van der Waals surface area (Å²) in [4.78, 5) is 24.4. The Morgan fingerprint density at radius 3 is 2.74 bits per heavy atom. The molecule has 0 unspecified atom stereocenters. The van der Waals surface area contributed by atoms with Gasteiger partial charge >= 0.3 is 0 Å². The third kappa shape index (κ3) is 3.71. The van der Waals surface area contributed by atoms with Gasteiger partial charge in [0.1, 0.15) is 12.3 Å². The van der Waals surface area contributed by atoms with Crippen molar-refractivity contribution >= 4 is 23.5 Å². The minimum absolute atomic E-state index is 0.0534. The molecular weight excluding hydrogens is 316 g/mol. The molecule has 1 fully saturated rings. The summed E-state index contributed by atoms with van der Waals surface area (Å²) in [6.07, 6.45) is 3.08. The topological polar surface area (TPSA) is 58.6 Å². The van der Waals surface area contributed by atoms with Crippen molar-refractivity contribution in [2.75, 3.05) is 31.6 Å². The van der Waals surface area contributed by atoms with Gasteiger partial charge in [0.2, 0.25) is 11.9 Å². The van der Waals surface area contributed by atoms with Gasteiger partial charge in [-0.1, -0.05) is 23.7 Å². The fourth-order valence-electron chi connectivity index (χ4n) is 2.51. The Kier molecular flexibility index (Phi) is 4.62. The molecule has 1 aliphatic heterocycles. The van der Waals surface area contributed by atoms with Crippen LogP contribution in [-0.4, -0.2) is 47.5 Å². The van der Waals surface area contributed by atoms with Gasteiger partial charge in [-0.25, -0.2) is 9.97 Å². The summed E-state index contributed by atoms with van der Waals surface area (Å²) in [5, 5.41) is 0.483. The number of amides is 1. The molecule has 3 rings (SSSR count). The van der Waals surface area contributed by atoms with E-state index in [1.165, 1.54) is 12.4 Å². The number of anilines is 1. The minimum Gasteiger partial charge on any atom is -0.497 e. The number of rotatable bonds is 4. The van der Waals surface area contributed by atoms with Crippen molar-refractivity contribution in [3.05, 3.63) is 47.2 Å². The van der Waals surface area contributed by atoms with E-state index in [4.69, 9.17) is 16.3 Å². The lowest BCUT2D eigenvalue weighted by Crippen LogP contribution is -2.50. The van der Waals surface area contributed by atoms with E-state index in [9.17, 15) is 4.79 Å². The number of carbonyl (C=O) groups is 1. The molecular formula is C16H17ClN4O2. The number of methoxy groups -OCH3 is 1. The highest BCUT2D eigenvalue weighted by atomic mass is 35.5. The highest BCUT2D eigenvalue weighted by Crippen LogP contribution is 2.17. The Morgan fingerprint density at radius 2 is 2.04 bits per heavy atom. The quantitative estimate of drug-likeness (QED) is 0.857. The van der Waals surface area contributed by atoms with Gasteiger partial charge in [-0.15, -0.1) is 0 Å². The highest BCUT2D eigenvalue weighted by molar-refractivity contribution is 6.30. The summed E-state index contributed by atoms with van der Waals surface area (Å²) < 4.78 is 5.22. The van der Waals surface area contributed by atoms with Gasteiger partial charge in [0.25, 0.3) is 0 Å². The van der Waals surface area contributed by atoms with Gasteiger partial charge in [0.05, 0.1) is 24.5 Å². The molecule has 0 aliphatic carbocycles. The van der Waals surface area contributed by atoms with E-state index in [1.54, 1.807) is 7.11 Å². The average molecular weight is 333 g/mol. The molecule has 2 aromatic rings. The van der Waals surface area contributed by atoms with Crippen LogP contribution in [0.3, 0.4) is 0 Å². The maximum Gasteiger partial charge on any atom is 0.242 e. The molecule has 0 spiro atoms. The van der Waals surface area contributed by atoms with Gasteiger partial charge in [-0.2, -0.15) is 0 Å². The first-order valence-electron chi connectivity index (χ1n) is 7.29. The Bertz CT molecular complexity index is 693. The van der Waals surface area contributed by atoms with Crippen LogP contribution in [0.15, 0.2) is 36.7 Å². The SMILES string of the molecule is COc1cccc(CN2CCN(c3ncc(Cl)cn3)CC2=O)c1. The fraction of sp³-hybridized carbons (Fsp3) is 0.312. The summed E-state index contributed by atoms with van der Waals surface area (Å²) >= 11 is 5.79. The number of piperazine rings is 1. The van der Waals surface area contributed by atoms with Crippen LogP contribution in [0, 0.1) is 0 Å². The molecule has 0 radical (unpaired) electrons. The first-order chi connectivity index (χ1) is 11.2. The van der Waals surface area contributed by atoms with Gasteiger partial charge in [-0.3, -0.25) is 4.79 Å². The molecule has 1 aliphatic rings. The summed E-state index contributed by atoms with van der Waals surface area (Å²) in [5.41, 5.74) is 1.05. The molecule has 0 saturated carbocycles.